The molecule has 0 amide bonds. The maximum atomic E-state index is 5.92. The van der Waals surface area contributed by atoms with Crippen molar-refractivity contribution in [1.82, 2.24) is 0 Å². The minimum absolute atomic E-state index is 0.355. The Morgan fingerprint density at radius 1 is 1.15 bits per heavy atom. The predicted molar refractivity (Wildman–Crippen MR) is 99.4 cm³/mol. The van der Waals surface area contributed by atoms with Crippen LogP contribution in [0.4, 0.5) is 0 Å². The lowest BCUT2D eigenvalue weighted by Crippen LogP contribution is -2.26. The highest BCUT2D eigenvalue weighted by molar-refractivity contribution is 6.39. The van der Waals surface area contributed by atoms with Crippen molar-refractivity contribution in [1.29, 1.82) is 0 Å². The first-order valence-corrected chi connectivity index (χ1v) is 8.45. The van der Waals surface area contributed by atoms with Crippen LogP contribution in [0.5, 0.6) is 5.75 Å². The van der Waals surface area contributed by atoms with Gasteiger partial charge in [-0.1, -0.05) is 41.6 Å². The molecule has 0 saturated heterocycles. The summed E-state index contributed by atoms with van der Waals surface area (Å²) in [4.78, 5) is 10.0. The van der Waals surface area contributed by atoms with Gasteiger partial charge < -0.3 is 19.1 Å². The molecule has 3 rings (SSSR count). The minimum atomic E-state index is 0.355. The summed E-state index contributed by atoms with van der Waals surface area (Å²) in [6.45, 7) is 3.44. The topological polar surface area (TPSA) is 61.6 Å². The van der Waals surface area contributed by atoms with Crippen LogP contribution in [0.2, 0.25) is 0 Å². The zero-order chi connectivity index (χ0) is 18.2. The molecular formula is C20H22N2O4. The zero-order valence-electron chi connectivity index (χ0n) is 15.0. The summed E-state index contributed by atoms with van der Waals surface area (Å²) in [6.07, 6.45) is 0.504. The number of ether oxygens (including phenoxy) is 2. The number of aryl methyl sites for hydroxylation is 1. The summed E-state index contributed by atoms with van der Waals surface area (Å²) in [6, 6.07) is 16.1. The lowest BCUT2D eigenvalue weighted by molar-refractivity contribution is 0.0670. The minimum Gasteiger partial charge on any atom is -0.489 e. The second-order valence-electron chi connectivity index (χ2n) is 5.84. The van der Waals surface area contributed by atoms with E-state index in [4.69, 9.17) is 19.1 Å². The van der Waals surface area contributed by atoms with Gasteiger partial charge in [-0.3, -0.25) is 0 Å². The normalized spacial score (nSPS) is 14.1. The Morgan fingerprint density at radius 3 is 2.73 bits per heavy atom. The van der Waals surface area contributed by atoms with Crippen LogP contribution in [0.15, 0.2) is 58.8 Å². The Kier molecular flexibility index (Phi) is 6.09. The fourth-order valence-corrected chi connectivity index (χ4v) is 2.55. The van der Waals surface area contributed by atoms with E-state index in [1.54, 1.807) is 0 Å². The smallest absolute Gasteiger partial charge is 0.276 e. The van der Waals surface area contributed by atoms with E-state index in [9.17, 15) is 0 Å². The van der Waals surface area contributed by atoms with Crippen LogP contribution in [0.3, 0.4) is 0 Å². The van der Waals surface area contributed by atoms with Crippen molar-refractivity contribution >= 4 is 11.6 Å². The summed E-state index contributed by atoms with van der Waals surface area (Å²) >= 11 is 0. The fourth-order valence-electron chi connectivity index (χ4n) is 2.55. The van der Waals surface area contributed by atoms with Gasteiger partial charge in [0.2, 0.25) is 0 Å². The Bertz CT molecular complexity index is 788. The third-order valence-corrected chi connectivity index (χ3v) is 3.94. The average molecular weight is 354 g/mol. The highest BCUT2D eigenvalue weighted by atomic mass is 16.7. The third-order valence-electron chi connectivity index (χ3n) is 3.94. The molecule has 0 radical (unpaired) electrons. The molecule has 6 nitrogen and oxygen atoms in total. The standard InChI is InChI=1S/C20H22N2O4/c1-15-8-9-18(25-14-16-6-4-3-5-7-16)12-17(15)13-19(21-23-2)20-22-26-11-10-24-20/h3-9,12H,10-11,13-14H2,1-2H3/b21-19+. The molecule has 1 heterocycles. The molecule has 26 heavy (non-hydrogen) atoms. The second kappa shape index (κ2) is 8.89. The molecule has 0 atom stereocenters. The molecule has 0 spiro atoms. The summed E-state index contributed by atoms with van der Waals surface area (Å²) < 4.78 is 11.4. The van der Waals surface area contributed by atoms with E-state index in [2.05, 4.69) is 10.3 Å². The lowest BCUT2D eigenvalue weighted by atomic mass is 10.0. The van der Waals surface area contributed by atoms with E-state index in [0.29, 0.717) is 37.9 Å². The van der Waals surface area contributed by atoms with Crippen LogP contribution in [-0.2, 0) is 27.4 Å². The number of oxime groups is 2. The molecule has 0 saturated carbocycles. The second-order valence-corrected chi connectivity index (χ2v) is 5.84. The van der Waals surface area contributed by atoms with E-state index in [-0.39, 0.29) is 0 Å². The predicted octanol–water partition coefficient (Wildman–Crippen LogP) is 3.48. The Labute approximate surface area is 153 Å². The molecule has 1 aliphatic heterocycles. The quantitative estimate of drug-likeness (QED) is 0.564. The maximum absolute atomic E-state index is 5.92. The van der Waals surface area contributed by atoms with Crippen LogP contribution >= 0.6 is 0 Å². The van der Waals surface area contributed by atoms with Gasteiger partial charge >= 0.3 is 0 Å². The van der Waals surface area contributed by atoms with Gasteiger partial charge in [-0.2, -0.15) is 0 Å². The van der Waals surface area contributed by atoms with Crippen LogP contribution < -0.4 is 4.74 Å². The lowest BCUT2D eigenvalue weighted by Gasteiger charge is -2.16. The number of hydrogen-bond acceptors (Lipinski definition) is 6. The van der Waals surface area contributed by atoms with Crippen molar-refractivity contribution in [3.8, 4) is 5.75 Å². The van der Waals surface area contributed by atoms with Crippen molar-refractivity contribution < 1.29 is 19.1 Å². The Morgan fingerprint density at radius 2 is 2.00 bits per heavy atom. The van der Waals surface area contributed by atoms with Gasteiger partial charge in [0.15, 0.2) is 6.61 Å². The van der Waals surface area contributed by atoms with Crippen molar-refractivity contribution in [2.75, 3.05) is 20.3 Å². The Hall–Kier alpha value is -3.02. The van der Waals surface area contributed by atoms with Crippen molar-refractivity contribution in [2.24, 2.45) is 10.3 Å². The monoisotopic (exact) mass is 354 g/mol. The van der Waals surface area contributed by atoms with Crippen molar-refractivity contribution in [2.45, 2.75) is 20.0 Å². The molecule has 0 aromatic heterocycles. The molecule has 0 N–H and O–H groups in total. The first-order chi connectivity index (χ1) is 12.8. The van der Waals surface area contributed by atoms with Gasteiger partial charge in [-0.15, -0.1) is 0 Å². The number of nitrogens with zero attached hydrogens (tertiary/aromatic N) is 2. The van der Waals surface area contributed by atoms with E-state index in [1.165, 1.54) is 7.11 Å². The summed E-state index contributed by atoms with van der Waals surface area (Å²) in [5, 5.41) is 7.97. The summed E-state index contributed by atoms with van der Waals surface area (Å²) in [5.41, 5.74) is 3.88. The van der Waals surface area contributed by atoms with E-state index >= 15 is 0 Å². The van der Waals surface area contributed by atoms with Crippen LogP contribution in [0.25, 0.3) is 0 Å². The highest BCUT2D eigenvalue weighted by Crippen LogP contribution is 2.20. The molecular weight excluding hydrogens is 332 g/mol. The molecule has 2 aromatic carbocycles. The van der Waals surface area contributed by atoms with E-state index in [0.717, 1.165) is 22.4 Å². The zero-order valence-corrected chi connectivity index (χ0v) is 15.0. The highest BCUT2D eigenvalue weighted by Gasteiger charge is 2.18. The largest absolute Gasteiger partial charge is 0.489 e. The maximum Gasteiger partial charge on any atom is 0.276 e. The SMILES string of the molecule is CO/N=C(\Cc1cc(OCc2ccccc2)ccc1C)C1=NOCCO1. The van der Waals surface area contributed by atoms with Gasteiger partial charge in [-0.25, -0.2) is 0 Å². The Balaban J connectivity index is 1.74. The molecule has 136 valence electrons. The van der Waals surface area contributed by atoms with Gasteiger partial charge in [0.25, 0.3) is 5.90 Å². The van der Waals surface area contributed by atoms with Gasteiger partial charge in [-0.05, 0) is 40.9 Å². The molecule has 0 aliphatic carbocycles. The van der Waals surface area contributed by atoms with Gasteiger partial charge in [0, 0.05) is 6.42 Å². The molecule has 0 bridgehead atoms. The summed E-state index contributed by atoms with van der Waals surface area (Å²) in [7, 11) is 1.50. The average Bonchev–Trinajstić information content (AvgIpc) is 2.69. The molecule has 2 aromatic rings. The first-order valence-electron chi connectivity index (χ1n) is 8.45. The number of rotatable bonds is 7. The van der Waals surface area contributed by atoms with Gasteiger partial charge in [0.05, 0.1) is 0 Å². The van der Waals surface area contributed by atoms with Crippen molar-refractivity contribution in [3.63, 3.8) is 0 Å². The van der Waals surface area contributed by atoms with Crippen LogP contribution in [0.1, 0.15) is 16.7 Å². The number of benzene rings is 2. The van der Waals surface area contributed by atoms with E-state index < -0.39 is 0 Å². The van der Waals surface area contributed by atoms with Crippen molar-refractivity contribution in [3.05, 3.63) is 65.2 Å². The molecule has 0 fully saturated rings. The van der Waals surface area contributed by atoms with Gasteiger partial charge in [0.1, 0.15) is 31.8 Å². The van der Waals surface area contributed by atoms with Crippen LogP contribution in [0, 0.1) is 6.92 Å². The number of hydrogen-bond donors (Lipinski definition) is 0. The fraction of sp³-hybridized carbons (Fsp3) is 0.300. The first kappa shape index (κ1) is 17.8. The molecule has 1 aliphatic rings. The molecule has 0 unspecified atom stereocenters. The third kappa shape index (κ3) is 4.75. The van der Waals surface area contributed by atoms with E-state index in [1.807, 2.05) is 55.5 Å². The van der Waals surface area contributed by atoms with Crippen LogP contribution in [-0.4, -0.2) is 31.9 Å². The summed E-state index contributed by atoms with van der Waals surface area (Å²) in [5.74, 6) is 1.15. The molecule has 6 heteroatoms.